The van der Waals surface area contributed by atoms with E-state index < -0.39 is 0 Å². The van der Waals surface area contributed by atoms with Crippen molar-refractivity contribution in [3.63, 3.8) is 0 Å². The van der Waals surface area contributed by atoms with Crippen molar-refractivity contribution in [3.05, 3.63) is 29.0 Å². The maximum Gasteiger partial charge on any atom is 0.0589 e. The quantitative estimate of drug-likeness (QED) is 0.782. The van der Waals surface area contributed by atoms with Crippen LogP contribution in [0, 0.1) is 0 Å². The average Bonchev–Trinajstić information content (AvgIpc) is 2.29. The van der Waals surface area contributed by atoms with E-state index in [2.05, 4.69) is 9.88 Å². The number of aliphatic hydroxyl groups excluding tert-OH is 1. The van der Waals surface area contributed by atoms with Gasteiger partial charge in [0.2, 0.25) is 0 Å². The van der Waals surface area contributed by atoms with Crippen LogP contribution in [0.1, 0.15) is 5.69 Å². The third kappa shape index (κ3) is 4.90. The fourth-order valence-corrected chi connectivity index (χ4v) is 1.47. The van der Waals surface area contributed by atoms with Crippen LogP contribution in [0.5, 0.6) is 0 Å². The van der Waals surface area contributed by atoms with Crippen LogP contribution >= 0.6 is 11.6 Å². The standard InChI is InChI=1S/C11H17ClN2O2/c1-16-7-5-14(4-6-15)9-11-3-2-10(12)8-13-11/h2-3,8,15H,4-7,9H2,1H3. The molecule has 5 heteroatoms. The molecule has 1 heterocycles. The van der Waals surface area contributed by atoms with E-state index in [9.17, 15) is 0 Å². The summed E-state index contributed by atoms with van der Waals surface area (Å²) in [5.74, 6) is 0. The third-order valence-electron chi connectivity index (χ3n) is 2.20. The normalized spacial score (nSPS) is 11.0. The highest BCUT2D eigenvalue weighted by Gasteiger charge is 2.05. The lowest BCUT2D eigenvalue weighted by atomic mass is 10.3. The van der Waals surface area contributed by atoms with Crippen LogP contribution in [0.15, 0.2) is 18.3 Å². The maximum atomic E-state index is 8.93. The van der Waals surface area contributed by atoms with Gasteiger partial charge in [0.1, 0.15) is 0 Å². The van der Waals surface area contributed by atoms with Crippen molar-refractivity contribution in [2.75, 3.05) is 33.4 Å². The Morgan fingerprint density at radius 2 is 2.25 bits per heavy atom. The van der Waals surface area contributed by atoms with Crippen molar-refractivity contribution in [1.82, 2.24) is 9.88 Å². The van der Waals surface area contributed by atoms with Gasteiger partial charge >= 0.3 is 0 Å². The minimum atomic E-state index is 0.136. The second-order valence-electron chi connectivity index (χ2n) is 3.46. The summed E-state index contributed by atoms with van der Waals surface area (Å²) in [5.41, 5.74) is 0.939. The van der Waals surface area contributed by atoms with Gasteiger partial charge in [-0.15, -0.1) is 0 Å². The van der Waals surface area contributed by atoms with Gasteiger partial charge in [0, 0.05) is 32.9 Å². The van der Waals surface area contributed by atoms with Gasteiger partial charge in [-0.05, 0) is 12.1 Å². The van der Waals surface area contributed by atoms with E-state index in [0.29, 0.717) is 24.7 Å². The Bertz CT molecular complexity index is 293. The SMILES string of the molecule is COCCN(CCO)Cc1ccc(Cl)cn1. The molecule has 0 aliphatic heterocycles. The van der Waals surface area contributed by atoms with Crippen LogP contribution in [0.25, 0.3) is 0 Å². The number of nitrogens with zero attached hydrogens (tertiary/aromatic N) is 2. The van der Waals surface area contributed by atoms with E-state index in [0.717, 1.165) is 12.2 Å². The number of methoxy groups -OCH3 is 1. The van der Waals surface area contributed by atoms with Crippen molar-refractivity contribution in [2.45, 2.75) is 6.54 Å². The van der Waals surface area contributed by atoms with E-state index in [1.807, 2.05) is 12.1 Å². The van der Waals surface area contributed by atoms with Crippen LogP contribution in [-0.2, 0) is 11.3 Å². The molecule has 0 aromatic carbocycles. The first-order valence-electron chi connectivity index (χ1n) is 5.19. The van der Waals surface area contributed by atoms with E-state index in [1.165, 1.54) is 0 Å². The fourth-order valence-electron chi connectivity index (χ4n) is 1.36. The smallest absolute Gasteiger partial charge is 0.0589 e. The predicted octanol–water partition coefficient (Wildman–Crippen LogP) is 1.18. The molecule has 0 unspecified atom stereocenters. The van der Waals surface area contributed by atoms with Crippen LogP contribution < -0.4 is 0 Å². The Balaban J connectivity index is 2.49. The van der Waals surface area contributed by atoms with Gasteiger partial charge in [0.15, 0.2) is 0 Å². The van der Waals surface area contributed by atoms with Gasteiger partial charge in [-0.2, -0.15) is 0 Å². The van der Waals surface area contributed by atoms with Gasteiger partial charge in [0.25, 0.3) is 0 Å². The van der Waals surface area contributed by atoms with Crippen LogP contribution in [0.4, 0.5) is 0 Å². The topological polar surface area (TPSA) is 45.6 Å². The Morgan fingerprint density at radius 1 is 1.44 bits per heavy atom. The number of hydrogen-bond acceptors (Lipinski definition) is 4. The molecule has 0 amide bonds. The van der Waals surface area contributed by atoms with Crippen molar-refractivity contribution >= 4 is 11.6 Å². The van der Waals surface area contributed by atoms with Crippen LogP contribution in [0.2, 0.25) is 5.02 Å². The van der Waals surface area contributed by atoms with E-state index >= 15 is 0 Å². The summed E-state index contributed by atoms with van der Waals surface area (Å²) in [7, 11) is 1.66. The number of ether oxygens (including phenoxy) is 1. The third-order valence-corrected chi connectivity index (χ3v) is 2.43. The number of halogens is 1. The first-order valence-corrected chi connectivity index (χ1v) is 5.56. The molecule has 1 N–H and O–H groups in total. The summed E-state index contributed by atoms with van der Waals surface area (Å²) >= 11 is 5.76. The Labute approximate surface area is 101 Å². The second kappa shape index (κ2) is 7.57. The molecule has 0 aliphatic carbocycles. The predicted molar refractivity (Wildman–Crippen MR) is 63.5 cm³/mol. The molecular weight excluding hydrogens is 228 g/mol. The Morgan fingerprint density at radius 3 is 2.81 bits per heavy atom. The first-order chi connectivity index (χ1) is 7.76. The molecular formula is C11H17ClN2O2. The zero-order chi connectivity index (χ0) is 11.8. The number of aliphatic hydroxyl groups is 1. The molecule has 0 aliphatic rings. The summed E-state index contributed by atoms with van der Waals surface area (Å²) < 4.78 is 5.01. The Kier molecular flexibility index (Phi) is 6.33. The zero-order valence-electron chi connectivity index (χ0n) is 9.40. The molecule has 0 saturated heterocycles. The maximum absolute atomic E-state index is 8.93. The summed E-state index contributed by atoms with van der Waals surface area (Å²) in [5, 5.41) is 9.57. The molecule has 90 valence electrons. The largest absolute Gasteiger partial charge is 0.395 e. The molecule has 0 atom stereocenters. The van der Waals surface area contributed by atoms with E-state index in [1.54, 1.807) is 13.3 Å². The summed E-state index contributed by atoms with van der Waals surface area (Å²) in [4.78, 5) is 6.30. The van der Waals surface area contributed by atoms with Gasteiger partial charge in [0.05, 0.1) is 23.9 Å². The molecule has 1 aromatic rings. The van der Waals surface area contributed by atoms with Crippen LogP contribution in [-0.4, -0.2) is 48.4 Å². The second-order valence-corrected chi connectivity index (χ2v) is 3.90. The van der Waals surface area contributed by atoms with Gasteiger partial charge < -0.3 is 9.84 Å². The monoisotopic (exact) mass is 244 g/mol. The number of rotatable bonds is 7. The Hall–Kier alpha value is -0.680. The first kappa shape index (κ1) is 13.4. The molecule has 1 rings (SSSR count). The summed E-state index contributed by atoms with van der Waals surface area (Å²) in [6, 6.07) is 3.71. The van der Waals surface area contributed by atoms with Gasteiger partial charge in [-0.25, -0.2) is 0 Å². The molecule has 0 spiro atoms. The molecule has 4 nitrogen and oxygen atoms in total. The van der Waals surface area contributed by atoms with Crippen LogP contribution in [0.3, 0.4) is 0 Å². The van der Waals surface area contributed by atoms with Crippen molar-refractivity contribution < 1.29 is 9.84 Å². The van der Waals surface area contributed by atoms with E-state index in [-0.39, 0.29) is 6.61 Å². The van der Waals surface area contributed by atoms with E-state index in [4.69, 9.17) is 21.4 Å². The molecule has 0 saturated carbocycles. The highest BCUT2D eigenvalue weighted by molar-refractivity contribution is 6.30. The van der Waals surface area contributed by atoms with Gasteiger partial charge in [-0.3, -0.25) is 9.88 Å². The lowest BCUT2D eigenvalue weighted by Gasteiger charge is -2.20. The zero-order valence-corrected chi connectivity index (χ0v) is 10.2. The molecule has 0 bridgehead atoms. The minimum Gasteiger partial charge on any atom is -0.395 e. The summed E-state index contributed by atoms with van der Waals surface area (Å²) in [6.45, 7) is 2.88. The number of hydrogen-bond donors (Lipinski definition) is 1. The lowest BCUT2D eigenvalue weighted by Crippen LogP contribution is -2.30. The van der Waals surface area contributed by atoms with Gasteiger partial charge in [-0.1, -0.05) is 11.6 Å². The molecule has 16 heavy (non-hydrogen) atoms. The molecule has 0 radical (unpaired) electrons. The average molecular weight is 245 g/mol. The highest BCUT2D eigenvalue weighted by Crippen LogP contribution is 2.08. The van der Waals surface area contributed by atoms with Crippen molar-refractivity contribution in [2.24, 2.45) is 0 Å². The fraction of sp³-hybridized carbons (Fsp3) is 0.545. The highest BCUT2D eigenvalue weighted by atomic mass is 35.5. The molecule has 0 fully saturated rings. The molecule has 1 aromatic heterocycles. The summed E-state index contributed by atoms with van der Waals surface area (Å²) in [6.07, 6.45) is 1.63. The lowest BCUT2D eigenvalue weighted by molar-refractivity contribution is 0.126. The van der Waals surface area contributed by atoms with Crippen molar-refractivity contribution in [3.8, 4) is 0 Å². The minimum absolute atomic E-state index is 0.136. The van der Waals surface area contributed by atoms with Crippen molar-refractivity contribution in [1.29, 1.82) is 0 Å². The number of pyridine rings is 1. The number of aromatic nitrogens is 1.